The molecule has 21 heavy (non-hydrogen) atoms. The van der Waals surface area contributed by atoms with Crippen LogP contribution in [0.4, 0.5) is 30.6 Å². The Labute approximate surface area is 119 Å². The maximum absolute atomic E-state index is 12.8. The van der Waals surface area contributed by atoms with Gasteiger partial charge in [0.1, 0.15) is 17.1 Å². The summed E-state index contributed by atoms with van der Waals surface area (Å²) >= 11 is 0. The molecule has 1 heterocycles. The Morgan fingerprint density at radius 2 is 1.90 bits per heavy atom. The molecule has 1 aromatic heterocycles. The van der Waals surface area contributed by atoms with E-state index in [0.717, 1.165) is 6.20 Å². The second-order valence-corrected chi connectivity index (χ2v) is 4.03. The molecule has 0 bridgehead atoms. The Balaban J connectivity index is 2.34. The fraction of sp³-hybridized carbons (Fsp3) is 0.231. The maximum atomic E-state index is 12.8. The quantitative estimate of drug-likeness (QED) is 0.907. The zero-order valence-corrected chi connectivity index (χ0v) is 11.3. The zero-order valence-electron chi connectivity index (χ0n) is 11.3. The second kappa shape index (κ2) is 5.86. The lowest BCUT2D eigenvalue weighted by atomic mass is 10.3. The molecule has 112 valence electrons. The Morgan fingerprint density at radius 1 is 1.19 bits per heavy atom. The smallest absolute Gasteiger partial charge is 0.421 e. The second-order valence-electron chi connectivity index (χ2n) is 4.03. The van der Waals surface area contributed by atoms with Gasteiger partial charge in [0, 0.05) is 13.2 Å². The molecule has 1 aromatic carbocycles. The van der Waals surface area contributed by atoms with Crippen molar-refractivity contribution >= 4 is 17.5 Å². The molecule has 0 amide bonds. The van der Waals surface area contributed by atoms with Gasteiger partial charge in [0.2, 0.25) is 5.95 Å². The Kier molecular flexibility index (Phi) is 4.15. The molecule has 0 saturated carbocycles. The number of rotatable bonds is 4. The van der Waals surface area contributed by atoms with Gasteiger partial charge in [-0.1, -0.05) is 12.1 Å². The van der Waals surface area contributed by atoms with E-state index in [2.05, 4.69) is 20.6 Å². The lowest BCUT2D eigenvalue weighted by Gasteiger charge is -2.14. The third-order valence-corrected chi connectivity index (χ3v) is 2.68. The van der Waals surface area contributed by atoms with Crippen LogP contribution in [0.1, 0.15) is 5.56 Å². The first-order valence-electron chi connectivity index (χ1n) is 5.97. The van der Waals surface area contributed by atoms with Crippen LogP contribution in [0.2, 0.25) is 0 Å². The van der Waals surface area contributed by atoms with Crippen LogP contribution in [0.15, 0.2) is 30.5 Å². The van der Waals surface area contributed by atoms with Crippen molar-refractivity contribution in [2.75, 3.05) is 24.8 Å². The summed E-state index contributed by atoms with van der Waals surface area (Å²) < 4.78 is 43.4. The van der Waals surface area contributed by atoms with Gasteiger partial charge in [-0.3, -0.25) is 0 Å². The Hall–Kier alpha value is -2.51. The van der Waals surface area contributed by atoms with Crippen LogP contribution < -0.4 is 15.4 Å². The van der Waals surface area contributed by atoms with E-state index in [-0.39, 0.29) is 11.8 Å². The first kappa shape index (κ1) is 14.9. The number of hydrogen-bond donors (Lipinski definition) is 2. The van der Waals surface area contributed by atoms with Gasteiger partial charge in [-0.05, 0) is 12.1 Å². The van der Waals surface area contributed by atoms with E-state index in [0.29, 0.717) is 11.4 Å². The molecular formula is C13H13F3N4O. The molecule has 0 atom stereocenters. The van der Waals surface area contributed by atoms with Gasteiger partial charge in [-0.25, -0.2) is 4.98 Å². The highest BCUT2D eigenvalue weighted by atomic mass is 19.4. The van der Waals surface area contributed by atoms with Crippen LogP contribution in [0, 0.1) is 0 Å². The van der Waals surface area contributed by atoms with Crippen molar-refractivity contribution in [2.24, 2.45) is 0 Å². The summed E-state index contributed by atoms with van der Waals surface area (Å²) in [5, 5.41) is 5.24. The minimum Gasteiger partial charge on any atom is -0.495 e. The molecule has 0 radical (unpaired) electrons. The van der Waals surface area contributed by atoms with Crippen molar-refractivity contribution in [3.05, 3.63) is 36.0 Å². The van der Waals surface area contributed by atoms with Crippen molar-refractivity contribution < 1.29 is 17.9 Å². The minimum absolute atomic E-state index is 0.0387. The maximum Gasteiger partial charge on any atom is 0.421 e. The Bertz CT molecular complexity index is 631. The number of hydrogen-bond acceptors (Lipinski definition) is 5. The Morgan fingerprint density at radius 3 is 2.52 bits per heavy atom. The monoisotopic (exact) mass is 298 g/mol. The lowest BCUT2D eigenvalue weighted by molar-refractivity contribution is -0.137. The standard InChI is InChI=1S/C13H13F3N4O/c1-17-11-8(13(14,15)16)7-18-12(20-11)19-9-5-3-4-6-10(9)21-2/h3-7H,1-2H3,(H2,17,18,19,20). The van der Waals surface area contributed by atoms with Crippen LogP contribution in [-0.4, -0.2) is 24.1 Å². The number of halogens is 3. The summed E-state index contributed by atoms with van der Waals surface area (Å²) in [6, 6.07) is 6.95. The van der Waals surface area contributed by atoms with Gasteiger partial charge in [0.25, 0.3) is 0 Å². The van der Waals surface area contributed by atoms with E-state index in [1.165, 1.54) is 14.2 Å². The largest absolute Gasteiger partial charge is 0.495 e. The van der Waals surface area contributed by atoms with Crippen LogP contribution in [0.25, 0.3) is 0 Å². The summed E-state index contributed by atoms with van der Waals surface area (Å²) in [6.07, 6.45) is -3.78. The molecule has 0 fully saturated rings. The molecule has 0 unspecified atom stereocenters. The number of nitrogens with one attached hydrogen (secondary N) is 2. The van der Waals surface area contributed by atoms with Crippen molar-refractivity contribution in [3.8, 4) is 5.75 Å². The molecule has 5 nitrogen and oxygen atoms in total. The van der Waals surface area contributed by atoms with Gasteiger partial charge in [0.15, 0.2) is 0 Å². The van der Waals surface area contributed by atoms with E-state index < -0.39 is 11.7 Å². The third-order valence-electron chi connectivity index (χ3n) is 2.68. The molecule has 0 spiro atoms. The number of ether oxygens (including phenoxy) is 1. The molecular weight excluding hydrogens is 285 g/mol. The van der Waals surface area contributed by atoms with E-state index in [1.54, 1.807) is 24.3 Å². The highest BCUT2D eigenvalue weighted by Gasteiger charge is 2.35. The predicted octanol–water partition coefficient (Wildman–Crippen LogP) is 3.29. The molecule has 2 N–H and O–H groups in total. The molecule has 0 aliphatic carbocycles. The fourth-order valence-corrected chi connectivity index (χ4v) is 1.71. The molecule has 2 rings (SSSR count). The number of benzene rings is 1. The molecule has 0 aliphatic rings. The van der Waals surface area contributed by atoms with Gasteiger partial charge in [-0.2, -0.15) is 18.2 Å². The van der Waals surface area contributed by atoms with E-state index in [4.69, 9.17) is 4.74 Å². The third kappa shape index (κ3) is 3.33. The summed E-state index contributed by atoms with van der Waals surface area (Å²) in [7, 11) is 2.86. The van der Waals surface area contributed by atoms with Crippen LogP contribution in [0.5, 0.6) is 5.75 Å². The fourth-order valence-electron chi connectivity index (χ4n) is 1.71. The minimum atomic E-state index is -4.51. The van der Waals surface area contributed by atoms with E-state index in [9.17, 15) is 13.2 Å². The van der Waals surface area contributed by atoms with Crippen molar-refractivity contribution in [1.82, 2.24) is 9.97 Å². The SMILES string of the molecule is CNc1nc(Nc2ccccc2OC)ncc1C(F)(F)F. The zero-order chi connectivity index (χ0) is 15.5. The average molecular weight is 298 g/mol. The molecule has 8 heteroatoms. The number of anilines is 3. The topological polar surface area (TPSA) is 59.1 Å². The van der Waals surface area contributed by atoms with E-state index in [1.807, 2.05) is 0 Å². The summed E-state index contributed by atoms with van der Waals surface area (Å²) in [5.41, 5.74) is -0.364. The van der Waals surface area contributed by atoms with Crippen LogP contribution >= 0.6 is 0 Å². The molecule has 2 aromatic rings. The highest BCUT2D eigenvalue weighted by molar-refractivity contribution is 5.63. The van der Waals surface area contributed by atoms with E-state index >= 15 is 0 Å². The number of aromatic nitrogens is 2. The number of para-hydroxylation sites is 2. The number of alkyl halides is 3. The van der Waals surface area contributed by atoms with Crippen molar-refractivity contribution in [3.63, 3.8) is 0 Å². The normalized spacial score (nSPS) is 11.1. The number of nitrogens with zero attached hydrogens (tertiary/aromatic N) is 2. The van der Waals surface area contributed by atoms with Crippen LogP contribution in [0.3, 0.4) is 0 Å². The molecule has 0 aliphatic heterocycles. The van der Waals surface area contributed by atoms with Gasteiger partial charge in [-0.15, -0.1) is 0 Å². The first-order chi connectivity index (χ1) is 9.95. The lowest BCUT2D eigenvalue weighted by Crippen LogP contribution is -2.12. The summed E-state index contributed by atoms with van der Waals surface area (Å²) in [6.45, 7) is 0. The molecule has 0 saturated heterocycles. The highest BCUT2D eigenvalue weighted by Crippen LogP contribution is 2.34. The van der Waals surface area contributed by atoms with Gasteiger partial charge < -0.3 is 15.4 Å². The summed E-state index contributed by atoms with van der Waals surface area (Å²) in [4.78, 5) is 7.51. The predicted molar refractivity (Wildman–Crippen MR) is 72.9 cm³/mol. The van der Waals surface area contributed by atoms with Crippen LogP contribution in [-0.2, 0) is 6.18 Å². The summed E-state index contributed by atoms with van der Waals surface area (Å²) in [5.74, 6) is 0.277. The average Bonchev–Trinajstić information content (AvgIpc) is 2.46. The number of methoxy groups -OCH3 is 1. The first-order valence-corrected chi connectivity index (χ1v) is 5.97. The van der Waals surface area contributed by atoms with Crippen molar-refractivity contribution in [2.45, 2.75) is 6.18 Å². The van der Waals surface area contributed by atoms with Gasteiger partial charge in [0.05, 0.1) is 12.8 Å². The van der Waals surface area contributed by atoms with Gasteiger partial charge >= 0.3 is 6.18 Å². The van der Waals surface area contributed by atoms with Crippen molar-refractivity contribution in [1.29, 1.82) is 0 Å².